The summed E-state index contributed by atoms with van der Waals surface area (Å²) in [5, 5.41) is 2.98. The molecule has 0 heterocycles. The first-order chi connectivity index (χ1) is 10.0. The minimum absolute atomic E-state index is 0.0242. The predicted molar refractivity (Wildman–Crippen MR) is 84.2 cm³/mol. The van der Waals surface area contributed by atoms with Gasteiger partial charge in [-0.05, 0) is 37.1 Å². The zero-order valence-corrected chi connectivity index (χ0v) is 13.1. The summed E-state index contributed by atoms with van der Waals surface area (Å²) in [7, 11) is 0. The number of hydrogen-bond donors (Lipinski definition) is 2. The maximum absolute atomic E-state index is 11.9. The second-order valence-corrected chi connectivity index (χ2v) is 5.24. The van der Waals surface area contributed by atoms with Crippen LogP contribution in [0.5, 0.6) is 5.75 Å². The lowest BCUT2D eigenvalue weighted by molar-refractivity contribution is -0.123. The van der Waals surface area contributed by atoms with Crippen LogP contribution in [0, 0.1) is 5.92 Å². The Balaban J connectivity index is 2.30. The van der Waals surface area contributed by atoms with Gasteiger partial charge in [0.1, 0.15) is 5.75 Å². The van der Waals surface area contributed by atoms with Crippen molar-refractivity contribution in [3.63, 3.8) is 0 Å². The molecule has 1 rings (SSSR count). The molecule has 5 nitrogen and oxygen atoms in total. The summed E-state index contributed by atoms with van der Waals surface area (Å²) in [6.07, 6.45) is 0.319. The topological polar surface area (TPSA) is 73.6 Å². The largest absolute Gasteiger partial charge is 0.493 e. The normalized spacial score (nSPS) is 12.2. The van der Waals surface area contributed by atoms with Gasteiger partial charge in [-0.3, -0.25) is 4.79 Å². The molecule has 1 amide bonds. The van der Waals surface area contributed by atoms with Gasteiger partial charge in [-0.1, -0.05) is 13.8 Å². The van der Waals surface area contributed by atoms with Gasteiger partial charge < -0.3 is 20.5 Å². The Hall–Kier alpha value is -1.75. The molecule has 0 radical (unpaired) electrons. The average Bonchev–Trinajstić information content (AvgIpc) is 2.45. The maximum Gasteiger partial charge on any atom is 0.223 e. The molecule has 0 aromatic heterocycles. The second kappa shape index (κ2) is 9.23. The van der Waals surface area contributed by atoms with Crippen molar-refractivity contribution in [1.29, 1.82) is 0 Å². The Labute approximate surface area is 126 Å². The molecule has 1 atom stereocenters. The molecule has 21 heavy (non-hydrogen) atoms. The van der Waals surface area contributed by atoms with E-state index in [0.717, 1.165) is 0 Å². The predicted octanol–water partition coefficient (Wildman–Crippen LogP) is 2.21. The molecule has 0 aliphatic carbocycles. The third kappa shape index (κ3) is 6.99. The van der Waals surface area contributed by atoms with Crippen molar-refractivity contribution in [2.24, 2.45) is 5.92 Å². The molecule has 1 aromatic rings. The maximum atomic E-state index is 11.9. The number of carbonyl (C=O) groups is 1. The third-order valence-electron chi connectivity index (χ3n) is 3.13. The Bertz CT molecular complexity index is 418. The SMILES string of the molecule is CCOCC(NC(=O)CCOc1ccc(N)cc1)C(C)C. The van der Waals surface area contributed by atoms with Crippen molar-refractivity contribution < 1.29 is 14.3 Å². The Morgan fingerprint density at radius 1 is 1.29 bits per heavy atom. The summed E-state index contributed by atoms with van der Waals surface area (Å²) < 4.78 is 10.9. The van der Waals surface area contributed by atoms with Gasteiger partial charge in [0.2, 0.25) is 5.91 Å². The highest BCUT2D eigenvalue weighted by molar-refractivity contribution is 5.76. The third-order valence-corrected chi connectivity index (χ3v) is 3.13. The van der Waals surface area contributed by atoms with Crippen LogP contribution in [-0.4, -0.2) is 31.8 Å². The number of nitrogens with two attached hydrogens (primary N) is 1. The number of ether oxygens (including phenoxy) is 2. The van der Waals surface area contributed by atoms with Gasteiger partial charge in [0.15, 0.2) is 0 Å². The first-order valence-electron chi connectivity index (χ1n) is 7.38. The number of nitrogen functional groups attached to an aromatic ring is 1. The molecule has 118 valence electrons. The van der Waals surface area contributed by atoms with Crippen molar-refractivity contribution in [2.45, 2.75) is 33.2 Å². The lowest BCUT2D eigenvalue weighted by Crippen LogP contribution is -2.42. The van der Waals surface area contributed by atoms with Gasteiger partial charge in [0, 0.05) is 12.3 Å². The van der Waals surface area contributed by atoms with Crippen molar-refractivity contribution in [2.75, 3.05) is 25.6 Å². The van der Waals surface area contributed by atoms with Gasteiger partial charge >= 0.3 is 0 Å². The molecule has 0 bridgehead atoms. The Kier molecular flexibility index (Phi) is 7.61. The standard InChI is InChI=1S/C16H26N2O3/c1-4-20-11-15(12(2)3)18-16(19)9-10-21-14-7-5-13(17)6-8-14/h5-8,12,15H,4,9-11,17H2,1-3H3,(H,18,19). The first kappa shape index (κ1) is 17.3. The van der Waals surface area contributed by atoms with Crippen LogP contribution in [0.2, 0.25) is 0 Å². The number of hydrogen-bond acceptors (Lipinski definition) is 4. The van der Waals surface area contributed by atoms with Gasteiger partial charge in [-0.25, -0.2) is 0 Å². The van der Waals surface area contributed by atoms with E-state index in [2.05, 4.69) is 19.2 Å². The number of benzene rings is 1. The fraction of sp³-hybridized carbons (Fsp3) is 0.562. The van der Waals surface area contributed by atoms with E-state index in [1.165, 1.54) is 0 Å². The lowest BCUT2D eigenvalue weighted by atomic mass is 10.1. The summed E-state index contributed by atoms with van der Waals surface area (Å²) in [6.45, 7) is 7.61. The Morgan fingerprint density at radius 2 is 1.95 bits per heavy atom. The highest BCUT2D eigenvalue weighted by atomic mass is 16.5. The Morgan fingerprint density at radius 3 is 2.52 bits per heavy atom. The zero-order chi connectivity index (χ0) is 15.7. The fourth-order valence-electron chi connectivity index (χ4n) is 1.75. The van der Waals surface area contributed by atoms with Gasteiger partial charge in [0.05, 0.1) is 25.7 Å². The molecular formula is C16H26N2O3. The molecule has 1 unspecified atom stereocenters. The second-order valence-electron chi connectivity index (χ2n) is 5.24. The van der Waals surface area contributed by atoms with E-state index in [1.54, 1.807) is 24.3 Å². The monoisotopic (exact) mass is 294 g/mol. The molecule has 1 aromatic carbocycles. The minimum atomic E-state index is -0.0242. The van der Waals surface area contributed by atoms with Crippen LogP contribution in [0.1, 0.15) is 27.2 Å². The van der Waals surface area contributed by atoms with Gasteiger partial charge in [0.25, 0.3) is 0 Å². The van der Waals surface area contributed by atoms with E-state index < -0.39 is 0 Å². The van der Waals surface area contributed by atoms with E-state index in [0.29, 0.717) is 43.6 Å². The van der Waals surface area contributed by atoms with Crippen LogP contribution >= 0.6 is 0 Å². The van der Waals surface area contributed by atoms with Crippen molar-refractivity contribution in [3.8, 4) is 5.75 Å². The van der Waals surface area contributed by atoms with E-state index in [-0.39, 0.29) is 11.9 Å². The number of anilines is 1. The smallest absolute Gasteiger partial charge is 0.223 e. The first-order valence-corrected chi connectivity index (χ1v) is 7.38. The van der Waals surface area contributed by atoms with Crippen molar-refractivity contribution >= 4 is 11.6 Å². The molecule has 0 spiro atoms. The average molecular weight is 294 g/mol. The van der Waals surface area contributed by atoms with Gasteiger partial charge in [-0.2, -0.15) is 0 Å². The number of carbonyl (C=O) groups excluding carboxylic acids is 1. The molecule has 5 heteroatoms. The van der Waals surface area contributed by atoms with Crippen LogP contribution in [0.3, 0.4) is 0 Å². The van der Waals surface area contributed by atoms with Crippen molar-refractivity contribution in [3.05, 3.63) is 24.3 Å². The quantitative estimate of drug-likeness (QED) is 0.685. The highest BCUT2D eigenvalue weighted by Gasteiger charge is 2.16. The number of amides is 1. The van der Waals surface area contributed by atoms with Gasteiger partial charge in [-0.15, -0.1) is 0 Å². The molecule has 0 fully saturated rings. The molecular weight excluding hydrogens is 268 g/mol. The minimum Gasteiger partial charge on any atom is -0.493 e. The molecule has 0 aliphatic heterocycles. The van der Waals surface area contributed by atoms with Crippen LogP contribution in [0.15, 0.2) is 24.3 Å². The molecule has 3 N–H and O–H groups in total. The molecule has 0 saturated carbocycles. The van der Waals surface area contributed by atoms with Crippen LogP contribution < -0.4 is 15.8 Å². The van der Waals surface area contributed by atoms with E-state index in [9.17, 15) is 4.79 Å². The van der Waals surface area contributed by atoms with E-state index in [1.807, 2.05) is 6.92 Å². The van der Waals surface area contributed by atoms with Crippen LogP contribution in [-0.2, 0) is 9.53 Å². The lowest BCUT2D eigenvalue weighted by Gasteiger charge is -2.22. The summed E-state index contributed by atoms with van der Waals surface area (Å²) in [6, 6.07) is 7.16. The number of nitrogens with one attached hydrogen (secondary N) is 1. The van der Waals surface area contributed by atoms with Crippen LogP contribution in [0.4, 0.5) is 5.69 Å². The molecule has 0 saturated heterocycles. The summed E-state index contributed by atoms with van der Waals surface area (Å²) in [4.78, 5) is 11.9. The zero-order valence-electron chi connectivity index (χ0n) is 13.1. The molecule has 0 aliphatic rings. The number of rotatable bonds is 9. The van der Waals surface area contributed by atoms with Crippen molar-refractivity contribution in [1.82, 2.24) is 5.32 Å². The summed E-state index contributed by atoms with van der Waals surface area (Å²) in [5.74, 6) is 1.02. The van der Waals surface area contributed by atoms with Crippen LogP contribution in [0.25, 0.3) is 0 Å². The summed E-state index contributed by atoms with van der Waals surface area (Å²) in [5.41, 5.74) is 6.29. The fourth-order valence-corrected chi connectivity index (χ4v) is 1.75. The highest BCUT2D eigenvalue weighted by Crippen LogP contribution is 2.13. The van der Waals surface area contributed by atoms with E-state index >= 15 is 0 Å². The summed E-state index contributed by atoms with van der Waals surface area (Å²) >= 11 is 0. The van der Waals surface area contributed by atoms with E-state index in [4.69, 9.17) is 15.2 Å².